The average molecular weight is 422 g/mol. The largest absolute Gasteiger partial charge is 0.323 e. The summed E-state index contributed by atoms with van der Waals surface area (Å²) >= 11 is 6.39. The number of rotatable bonds is 1. The van der Waals surface area contributed by atoms with E-state index in [1.54, 1.807) is 24.3 Å². The molecule has 30 heavy (non-hydrogen) atoms. The van der Waals surface area contributed by atoms with Gasteiger partial charge in [0.05, 0.1) is 28.2 Å². The molecule has 4 aliphatic rings. The highest BCUT2D eigenvalue weighted by Crippen LogP contribution is 2.61. The summed E-state index contributed by atoms with van der Waals surface area (Å²) in [7, 11) is 0. The standard InChI is InChI=1S/C23H20ClN3O3/c1-12-7-9-13(10-8-12)27-20(28)17-16-6-3-11-26(16)23(18(17)21(27)29)14-4-2-5-15(24)19(14)25-22(23)30/h2,4-5,7-10,16-18H,3,6,11H2,1H3,(H,25,30)/t16-,17+,18+,23-/m0/s1. The number of amides is 3. The summed E-state index contributed by atoms with van der Waals surface area (Å²) in [5.41, 5.74) is 1.71. The van der Waals surface area contributed by atoms with Gasteiger partial charge in [-0.15, -0.1) is 0 Å². The second-order valence-corrected chi connectivity index (χ2v) is 9.04. The van der Waals surface area contributed by atoms with Crippen molar-refractivity contribution in [1.29, 1.82) is 0 Å². The minimum atomic E-state index is -1.18. The Bertz CT molecular complexity index is 1130. The highest BCUT2D eigenvalue weighted by molar-refractivity contribution is 6.35. The van der Waals surface area contributed by atoms with Crippen LogP contribution >= 0.6 is 11.6 Å². The molecule has 0 saturated carbocycles. The molecular weight excluding hydrogens is 402 g/mol. The Morgan fingerprint density at radius 2 is 1.83 bits per heavy atom. The number of nitrogens with zero attached hydrogens (tertiary/aromatic N) is 2. The van der Waals surface area contributed by atoms with E-state index in [9.17, 15) is 14.4 Å². The van der Waals surface area contributed by atoms with Crippen LogP contribution in [0.2, 0.25) is 5.02 Å². The number of nitrogens with one attached hydrogen (secondary N) is 1. The molecule has 0 aliphatic carbocycles. The van der Waals surface area contributed by atoms with Crippen LogP contribution in [0.4, 0.5) is 11.4 Å². The minimum absolute atomic E-state index is 0.127. The summed E-state index contributed by atoms with van der Waals surface area (Å²) in [6.45, 7) is 2.64. The smallest absolute Gasteiger partial charge is 0.250 e. The third-order valence-electron chi connectivity index (χ3n) is 7.27. The zero-order chi connectivity index (χ0) is 20.8. The quantitative estimate of drug-likeness (QED) is 0.718. The van der Waals surface area contributed by atoms with Crippen LogP contribution in [-0.2, 0) is 19.9 Å². The van der Waals surface area contributed by atoms with Gasteiger partial charge < -0.3 is 5.32 Å². The van der Waals surface area contributed by atoms with Crippen LogP contribution in [0.15, 0.2) is 42.5 Å². The fourth-order valence-corrected chi connectivity index (χ4v) is 6.36. The Morgan fingerprint density at radius 1 is 1.07 bits per heavy atom. The lowest BCUT2D eigenvalue weighted by Crippen LogP contribution is -2.54. The molecule has 6 rings (SSSR count). The van der Waals surface area contributed by atoms with E-state index in [1.165, 1.54) is 4.90 Å². The third kappa shape index (κ3) is 1.96. The first kappa shape index (κ1) is 18.1. The van der Waals surface area contributed by atoms with Gasteiger partial charge in [0.2, 0.25) is 11.8 Å². The molecule has 3 fully saturated rings. The molecule has 2 aromatic rings. The Kier molecular flexibility index (Phi) is 3.58. The number of anilines is 2. The number of hydrogen-bond donors (Lipinski definition) is 1. The molecule has 4 aliphatic heterocycles. The summed E-state index contributed by atoms with van der Waals surface area (Å²) in [6, 6.07) is 12.6. The number of para-hydroxylation sites is 1. The number of aryl methyl sites for hydroxylation is 1. The predicted molar refractivity (Wildman–Crippen MR) is 112 cm³/mol. The SMILES string of the molecule is Cc1ccc(N2C(=O)[C@@H]3[C@@H]4CCCN4[C@]4(C(=O)Nc5c(Cl)cccc54)[C@H]3C2=O)cc1. The Hall–Kier alpha value is -2.70. The first-order chi connectivity index (χ1) is 14.5. The van der Waals surface area contributed by atoms with Crippen molar-refractivity contribution in [3.8, 4) is 0 Å². The van der Waals surface area contributed by atoms with Gasteiger partial charge in [0.15, 0.2) is 0 Å². The van der Waals surface area contributed by atoms with Gasteiger partial charge in [-0.25, -0.2) is 4.90 Å². The molecule has 1 spiro atoms. The summed E-state index contributed by atoms with van der Waals surface area (Å²) in [6.07, 6.45) is 1.69. The van der Waals surface area contributed by atoms with Crippen molar-refractivity contribution in [1.82, 2.24) is 4.90 Å². The maximum Gasteiger partial charge on any atom is 0.250 e. The molecule has 0 bridgehead atoms. The van der Waals surface area contributed by atoms with Crippen molar-refractivity contribution in [3.05, 3.63) is 58.6 Å². The fraction of sp³-hybridized carbons (Fsp3) is 0.348. The van der Waals surface area contributed by atoms with Crippen molar-refractivity contribution < 1.29 is 14.4 Å². The Balaban J connectivity index is 1.56. The van der Waals surface area contributed by atoms with Gasteiger partial charge in [-0.3, -0.25) is 19.3 Å². The first-order valence-corrected chi connectivity index (χ1v) is 10.7. The molecule has 152 valence electrons. The number of carbonyl (C=O) groups excluding carboxylic acids is 3. The molecule has 0 unspecified atom stereocenters. The van der Waals surface area contributed by atoms with E-state index in [4.69, 9.17) is 11.6 Å². The number of imide groups is 1. The molecule has 3 amide bonds. The molecule has 3 saturated heterocycles. The van der Waals surface area contributed by atoms with Crippen LogP contribution in [0, 0.1) is 18.8 Å². The molecule has 6 nitrogen and oxygen atoms in total. The summed E-state index contributed by atoms with van der Waals surface area (Å²) in [5.74, 6) is -2.04. The zero-order valence-corrected chi connectivity index (χ0v) is 17.1. The normalized spacial score (nSPS) is 32.0. The topological polar surface area (TPSA) is 69.7 Å². The van der Waals surface area contributed by atoms with Crippen molar-refractivity contribution in [3.63, 3.8) is 0 Å². The summed E-state index contributed by atoms with van der Waals surface area (Å²) < 4.78 is 0. The van der Waals surface area contributed by atoms with Crippen LogP contribution in [0.25, 0.3) is 0 Å². The second kappa shape index (κ2) is 5.93. The van der Waals surface area contributed by atoms with Crippen molar-refractivity contribution in [2.24, 2.45) is 11.8 Å². The van der Waals surface area contributed by atoms with Gasteiger partial charge in [-0.1, -0.05) is 41.4 Å². The van der Waals surface area contributed by atoms with Gasteiger partial charge in [0.1, 0.15) is 5.54 Å². The molecule has 4 heterocycles. The lowest BCUT2D eigenvalue weighted by atomic mass is 9.75. The molecule has 1 N–H and O–H groups in total. The molecule has 2 aromatic carbocycles. The lowest BCUT2D eigenvalue weighted by Gasteiger charge is -2.36. The van der Waals surface area contributed by atoms with Gasteiger partial charge >= 0.3 is 0 Å². The molecule has 0 aromatic heterocycles. The van der Waals surface area contributed by atoms with Gasteiger partial charge in [0, 0.05) is 11.6 Å². The van der Waals surface area contributed by atoms with E-state index in [0.29, 0.717) is 28.5 Å². The van der Waals surface area contributed by atoms with E-state index in [1.807, 2.05) is 25.1 Å². The van der Waals surface area contributed by atoms with E-state index in [-0.39, 0.29) is 23.8 Å². The summed E-state index contributed by atoms with van der Waals surface area (Å²) in [4.78, 5) is 44.3. The van der Waals surface area contributed by atoms with E-state index in [2.05, 4.69) is 10.2 Å². The van der Waals surface area contributed by atoms with Gasteiger partial charge in [-0.05, 0) is 44.5 Å². The highest BCUT2D eigenvalue weighted by atomic mass is 35.5. The Morgan fingerprint density at radius 3 is 2.60 bits per heavy atom. The average Bonchev–Trinajstić information content (AvgIpc) is 3.42. The minimum Gasteiger partial charge on any atom is -0.323 e. The maximum absolute atomic E-state index is 13.8. The van der Waals surface area contributed by atoms with Crippen LogP contribution in [0.3, 0.4) is 0 Å². The second-order valence-electron chi connectivity index (χ2n) is 8.64. The maximum atomic E-state index is 13.8. The molecule has 0 radical (unpaired) electrons. The van der Waals surface area contributed by atoms with E-state index in [0.717, 1.165) is 18.4 Å². The summed E-state index contributed by atoms with van der Waals surface area (Å²) in [5, 5.41) is 3.37. The first-order valence-electron chi connectivity index (χ1n) is 10.3. The van der Waals surface area contributed by atoms with E-state index < -0.39 is 17.4 Å². The molecule has 7 heteroatoms. The van der Waals surface area contributed by atoms with E-state index >= 15 is 0 Å². The molecule has 4 atom stereocenters. The van der Waals surface area contributed by atoms with Crippen LogP contribution < -0.4 is 10.2 Å². The number of carbonyl (C=O) groups is 3. The Labute approximate surface area is 178 Å². The zero-order valence-electron chi connectivity index (χ0n) is 16.4. The predicted octanol–water partition coefficient (Wildman–Crippen LogP) is 3.08. The monoisotopic (exact) mass is 421 g/mol. The van der Waals surface area contributed by atoms with Crippen LogP contribution in [0.1, 0.15) is 24.0 Å². The number of benzene rings is 2. The van der Waals surface area contributed by atoms with Crippen molar-refractivity contribution in [2.75, 3.05) is 16.8 Å². The van der Waals surface area contributed by atoms with Crippen molar-refractivity contribution >= 4 is 40.7 Å². The third-order valence-corrected chi connectivity index (χ3v) is 7.58. The van der Waals surface area contributed by atoms with Crippen LogP contribution in [-0.4, -0.2) is 35.2 Å². The number of hydrogen-bond acceptors (Lipinski definition) is 4. The molecular formula is C23H20ClN3O3. The lowest BCUT2D eigenvalue weighted by molar-refractivity contribution is -0.135. The van der Waals surface area contributed by atoms with Crippen LogP contribution in [0.5, 0.6) is 0 Å². The highest BCUT2D eigenvalue weighted by Gasteiger charge is 2.74. The van der Waals surface area contributed by atoms with Gasteiger partial charge in [0.25, 0.3) is 5.91 Å². The number of fused-ring (bicyclic) bond motifs is 7. The van der Waals surface area contributed by atoms with Crippen molar-refractivity contribution in [2.45, 2.75) is 31.3 Å². The van der Waals surface area contributed by atoms with Gasteiger partial charge in [-0.2, -0.15) is 0 Å². The fourth-order valence-electron chi connectivity index (χ4n) is 6.14. The number of halogens is 1.